The molecule has 0 spiro atoms. The Bertz CT molecular complexity index is 223. The molecule has 2 rings (SSSR count). The lowest BCUT2D eigenvalue weighted by Gasteiger charge is -2.15. The van der Waals surface area contributed by atoms with Gasteiger partial charge in [0.1, 0.15) is 0 Å². The maximum absolute atomic E-state index is 9.91. The van der Waals surface area contributed by atoms with Crippen LogP contribution in [0.5, 0.6) is 0 Å². The SMILES string of the molecule is C=CC[C@H](O)C1C2C(C)CCC21C. The summed E-state index contributed by atoms with van der Waals surface area (Å²) < 4.78 is 0. The third-order valence-electron chi connectivity index (χ3n) is 4.37. The Morgan fingerprint density at radius 3 is 2.85 bits per heavy atom. The highest BCUT2D eigenvalue weighted by molar-refractivity contribution is 5.16. The van der Waals surface area contributed by atoms with Gasteiger partial charge in [0.2, 0.25) is 0 Å². The summed E-state index contributed by atoms with van der Waals surface area (Å²) in [4.78, 5) is 0. The third kappa shape index (κ3) is 1.17. The molecule has 0 amide bonds. The van der Waals surface area contributed by atoms with E-state index in [9.17, 15) is 5.11 Å². The Morgan fingerprint density at radius 1 is 1.69 bits per heavy atom. The summed E-state index contributed by atoms with van der Waals surface area (Å²) in [5, 5.41) is 9.91. The van der Waals surface area contributed by atoms with Crippen molar-refractivity contribution in [2.45, 2.75) is 39.2 Å². The average molecular weight is 180 g/mol. The summed E-state index contributed by atoms with van der Waals surface area (Å²) in [5.41, 5.74) is 0.474. The smallest absolute Gasteiger partial charge is 0.0610 e. The summed E-state index contributed by atoms with van der Waals surface area (Å²) in [7, 11) is 0. The molecule has 1 N–H and O–H groups in total. The highest BCUT2D eigenvalue weighted by atomic mass is 16.3. The summed E-state index contributed by atoms with van der Waals surface area (Å²) in [5.74, 6) is 2.19. The van der Waals surface area contributed by atoms with E-state index >= 15 is 0 Å². The molecule has 1 nitrogen and oxygen atoms in total. The zero-order chi connectivity index (χ0) is 9.64. The van der Waals surface area contributed by atoms with Crippen LogP contribution in [-0.2, 0) is 0 Å². The maximum Gasteiger partial charge on any atom is 0.0610 e. The van der Waals surface area contributed by atoms with Crippen LogP contribution in [0.2, 0.25) is 0 Å². The van der Waals surface area contributed by atoms with E-state index in [4.69, 9.17) is 0 Å². The summed E-state index contributed by atoms with van der Waals surface area (Å²) in [6.45, 7) is 8.36. The van der Waals surface area contributed by atoms with E-state index in [-0.39, 0.29) is 6.10 Å². The molecule has 0 bridgehead atoms. The summed E-state index contributed by atoms with van der Waals surface area (Å²) >= 11 is 0. The Morgan fingerprint density at radius 2 is 2.38 bits per heavy atom. The van der Waals surface area contributed by atoms with Crippen molar-refractivity contribution >= 4 is 0 Å². The predicted molar refractivity (Wildman–Crippen MR) is 54.3 cm³/mol. The highest BCUT2D eigenvalue weighted by Gasteiger charge is 2.67. The monoisotopic (exact) mass is 180 g/mol. The van der Waals surface area contributed by atoms with Crippen molar-refractivity contribution in [3.63, 3.8) is 0 Å². The average Bonchev–Trinajstić information content (AvgIpc) is 2.59. The van der Waals surface area contributed by atoms with Crippen LogP contribution >= 0.6 is 0 Å². The van der Waals surface area contributed by atoms with Crippen molar-refractivity contribution < 1.29 is 5.11 Å². The largest absolute Gasteiger partial charge is 0.392 e. The number of aliphatic hydroxyl groups excluding tert-OH is 1. The first kappa shape index (κ1) is 9.26. The van der Waals surface area contributed by atoms with E-state index in [1.807, 2.05) is 6.08 Å². The molecule has 5 atom stereocenters. The standard InChI is InChI=1S/C12H20O/c1-4-5-9(13)11-10-8(2)6-7-12(10,11)3/h4,8-11,13H,1,5-7H2,2-3H3/t8?,9-,10?,11?,12?/m0/s1. The van der Waals surface area contributed by atoms with Gasteiger partial charge in [-0.15, -0.1) is 6.58 Å². The molecule has 0 saturated heterocycles. The van der Waals surface area contributed by atoms with Gasteiger partial charge in [-0.1, -0.05) is 19.9 Å². The molecule has 74 valence electrons. The molecule has 2 aliphatic rings. The van der Waals surface area contributed by atoms with E-state index in [1.165, 1.54) is 12.8 Å². The molecule has 2 fully saturated rings. The van der Waals surface area contributed by atoms with Gasteiger partial charge in [-0.2, -0.15) is 0 Å². The Kier molecular flexibility index (Phi) is 2.03. The minimum atomic E-state index is -0.129. The topological polar surface area (TPSA) is 20.2 Å². The lowest BCUT2D eigenvalue weighted by molar-refractivity contribution is 0.124. The molecule has 0 aromatic heterocycles. The summed E-state index contributed by atoms with van der Waals surface area (Å²) in [6.07, 6.45) is 5.15. The van der Waals surface area contributed by atoms with Gasteiger partial charge in [0.15, 0.2) is 0 Å². The van der Waals surface area contributed by atoms with E-state index < -0.39 is 0 Å². The molecular weight excluding hydrogens is 160 g/mol. The van der Waals surface area contributed by atoms with Gasteiger partial charge >= 0.3 is 0 Å². The lowest BCUT2D eigenvalue weighted by atomic mass is 9.95. The number of rotatable bonds is 3. The molecule has 2 aliphatic carbocycles. The summed E-state index contributed by atoms with van der Waals surface area (Å²) in [6, 6.07) is 0. The van der Waals surface area contributed by atoms with Gasteiger partial charge in [-0.05, 0) is 42.4 Å². The van der Waals surface area contributed by atoms with Gasteiger partial charge in [0.05, 0.1) is 6.10 Å². The molecule has 0 aliphatic heterocycles. The van der Waals surface area contributed by atoms with Crippen LogP contribution in [0.3, 0.4) is 0 Å². The van der Waals surface area contributed by atoms with Crippen LogP contribution < -0.4 is 0 Å². The Labute approximate surface area is 80.8 Å². The van der Waals surface area contributed by atoms with Crippen molar-refractivity contribution in [2.75, 3.05) is 0 Å². The zero-order valence-electron chi connectivity index (χ0n) is 8.66. The molecule has 0 aromatic rings. The molecule has 0 heterocycles. The predicted octanol–water partition coefficient (Wildman–Crippen LogP) is 2.61. The number of aliphatic hydroxyl groups is 1. The highest BCUT2D eigenvalue weighted by Crippen LogP contribution is 2.71. The molecule has 4 unspecified atom stereocenters. The normalized spacial score (nSPS) is 49.9. The fourth-order valence-electron chi connectivity index (χ4n) is 3.69. The van der Waals surface area contributed by atoms with Gasteiger partial charge in [0, 0.05) is 0 Å². The fourth-order valence-corrected chi connectivity index (χ4v) is 3.69. The van der Waals surface area contributed by atoms with Gasteiger partial charge in [-0.25, -0.2) is 0 Å². The van der Waals surface area contributed by atoms with E-state index in [0.717, 1.165) is 18.3 Å². The van der Waals surface area contributed by atoms with Crippen LogP contribution in [0, 0.1) is 23.2 Å². The third-order valence-corrected chi connectivity index (χ3v) is 4.37. The van der Waals surface area contributed by atoms with E-state index in [0.29, 0.717) is 11.3 Å². The molecule has 0 aromatic carbocycles. The number of hydrogen-bond acceptors (Lipinski definition) is 1. The van der Waals surface area contributed by atoms with Crippen molar-refractivity contribution in [2.24, 2.45) is 23.2 Å². The Balaban J connectivity index is 2.02. The Hall–Kier alpha value is -0.300. The van der Waals surface area contributed by atoms with Crippen molar-refractivity contribution in [1.29, 1.82) is 0 Å². The van der Waals surface area contributed by atoms with Gasteiger partial charge in [-0.3, -0.25) is 0 Å². The van der Waals surface area contributed by atoms with Crippen LogP contribution in [0.1, 0.15) is 33.1 Å². The molecular formula is C12H20O. The first-order chi connectivity index (χ1) is 6.11. The minimum Gasteiger partial charge on any atom is -0.392 e. The minimum absolute atomic E-state index is 0.129. The van der Waals surface area contributed by atoms with Crippen LogP contribution in [0.4, 0.5) is 0 Å². The van der Waals surface area contributed by atoms with E-state index in [2.05, 4.69) is 20.4 Å². The second kappa shape index (κ2) is 2.84. The van der Waals surface area contributed by atoms with Crippen molar-refractivity contribution in [1.82, 2.24) is 0 Å². The quantitative estimate of drug-likeness (QED) is 0.662. The lowest BCUT2D eigenvalue weighted by Crippen LogP contribution is -2.15. The first-order valence-corrected chi connectivity index (χ1v) is 5.40. The zero-order valence-corrected chi connectivity index (χ0v) is 8.66. The first-order valence-electron chi connectivity index (χ1n) is 5.40. The number of fused-ring (bicyclic) bond motifs is 1. The second-order valence-electron chi connectivity index (χ2n) is 5.17. The fraction of sp³-hybridized carbons (Fsp3) is 0.833. The van der Waals surface area contributed by atoms with Crippen LogP contribution in [0.15, 0.2) is 12.7 Å². The molecule has 2 saturated carbocycles. The van der Waals surface area contributed by atoms with E-state index in [1.54, 1.807) is 0 Å². The van der Waals surface area contributed by atoms with Crippen LogP contribution in [-0.4, -0.2) is 11.2 Å². The van der Waals surface area contributed by atoms with Crippen molar-refractivity contribution in [3.8, 4) is 0 Å². The van der Waals surface area contributed by atoms with Gasteiger partial charge < -0.3 is 5.11 Å². The maximum atomic E-state index is 9.91. The number of hydrogen-bond donors (Lipinski definition) is 1. The van der Waals surface area contributed by atoms with Crippen molar-refractivity contribution in [3.05, 3.63) is 12.7 Å². The second-order valence-corrected chi connectivity index (χ2v) is 5.17. The molecule has 0 radical (unpaired) electrons. The molecule has 13 heavy (non-hydrogen) atoms. The molecule has 1 heteroatoms. The van der Waals surface area contributed by atoms with Crippen LogP contribution in [0.25, 0.3) is 0 Å². The van der Waals surface area contributed by atoms with Gasteiger partial charge in [0.25, 0.3) is 0 Å².